The molecular formula is C19H17FN6O. The van der Waals surface area contributed by atoms with E-state index in [1.165, 1.54) is 12.1 Å². The van der Waals surface area contributed by atoms with Crippen LogP contribution in [-0.4, -0.2) is 21.5 Å². The van der Waals surface area contributed by atoms with Crippen LogP contribution in [0.25, 0.3) is 0 Å². The van der Waals surface area contributed by atoms with Crippen LogP contribution in [0.3, 0.4) is 0 Å². The van der Waals surface area contributed by atoms with Crippen LogP contribution in [0.5, 0.6) is 11.8 Å². The molecule has 0 aliphatic heterocycles. The quantitative estimate of drug-likeness (QED) is 0.678. The van der Waals surface area contributed by atoms with E-state index in [4.69, 9.17) is 10.00 Å². The van der Waals surface area contributed by atoms with Gasteiger partial charge < -0.3 is 15.4 Å². The third-order valence-corrected chi connectivity index (χ3v) is 3.52. The number of nitrogens with zero attached hydrogens (tertiary/aromatic N) is 4. The number of nitrogens with one attached hydrogen (secondary N) is 2. The van der Waals surface area contributed by atoms with Gasteiger partial charge in [0, 0.05) is 6.54 Å². The van der Waals surface area contributed by atoms with Gasteiger partial charge in [0.1, 0.15) is 11.6 Å². The fourth-order valence-corrected chi connectivity index (χ4v) is 2.21. The first-order valence-electron chi connectivity index (χ1n) is 8.28. The molecule has 0 amide bonds. The monoisotopic (exact) mass is 364 g/mol. The van der Waals surface area contributed by atoms with Crippen molar-refractivity contribution in [3.63, 3.8) is 0 Å². The van der Waals surface area contributed by atoms with Gasteiger partial charge in [-0.25, -0.2) is 4.39 Å². The third kappa shape index (κ3) is 4.67. The minimum atomic E-state index is -0.583. The minimum Gasteiger partial charge on any atom is -0.424 e. The number of anilines is 3. The maximum atomic E-state index is 14.1. The van der Waals surface area contributed by atoms with Crippen molar-refractivity contribution >= 4 is 17.6 Å². The Morgan fingerprint density at radius 2 is 1.81 bits per heavy atom. The van der Waals surface area contributed by atoms with E-state index in [0.717, 1.165) is 11.6 Å². The van der Waals surface area contributed by atoms with Gasteiger partial charge in [-0.3, -0.25) is 0 Å². The number of aromatic nitrogens is 3. The van der Waals surface area contributed by atoms with Crippen LogP contribution in [0.1, 0.15) is 18.1 Å². The molecular weight excluding hydrogens is 347 g/mol. The molecule has 0 radical (unpaired) electrons. The van der Waals surface area contributed by atoms with Crippen molar-refractivity contribution in [1.82, 2.24) is 15.0 Å². The van der Waals surface area contributed by atoms with E-state index < -0.39 is 5.82 Å². The van der Waals surface area contributed by atoms with E-state index in [0.29, 0.717) is 18.2 Å². The molecule has 2 aromatic carbocycles. The normalized spacial score (nSPS) is 10.1. The lowest BCUT2D eigenvalue weighted by molar-refractivity contribution is 0.441. The Morgan fingerprint density at radius 1 is 1.07 bits per heavy atom. The summed E-state index contributed by atoms with van der Waals surface area (Å²) in [6, 6.07) is 13.5. The molecule has 0 aliphatic carbocycles. The smallest absolute Gasteiger partial charge is 0.328 e. The van der Waals surface area contributed by atoms with Crippen LogP contribution in [0.15, 0.2) is 42.5 Å². The number of nitriles is 1. The molecule has 0 unspecified atom stereocenters. The fraction of sp³-hybridized carbons (Fsp3) is 0.158. The topological polar surface area (TPSA) is 95.8 Å². The first-order valence-corrected chi connectivity index (χ1v) is 8.28. The zero-order valence-corrected chi connectivity index (χ0v) is 14.8. The van der Waals surface area contributed by atoms with Gasteiger partial charge in [-0.15, -0.1) is 0 Å². The largest absolute Gasteiger partial charge is 0.424 e. The highest BCUT2D eigenvalue weighted by Crippen LogP contribution is 2.23. The van der Waals surface area contributed by atoms with E-state index in [1.54, 1.807) is 12.1 Å². The molecule has 2 N–H and O–H groups in total. The Bertz CT molecular complexity index is 984. The Labute approximate surface area is 155 Å². The lowest BCUT2D eigenvalue weighted by Gasteiger charge is -2.10. The molecule has 0 spiro atoms. The van der Waals surface area contributed by atoms with Gasteiger partial charge >= 0.3 is 6.01 Å². The molecule has 0 bridgehead atoms. The summed E-state index contributed by atoms with van der Waals surface area (Å²) in [5, 5.41) is 14.6. The Hall–Kier alpha value is -3.73. The molecule has 7 nitrogen and oxygen atoms in total. The maximum Gasteiger partial charge on any atom is 0.328 e. The molecule has 0 saturated heterocycles. The fourth-order valence-electron chi connectivity index (χ4n) is 2.21. The summed E-state index contributed by atoms with van der Waals surface area (Å²) in [7, 11) is 0. The second-order valence-corrected chi connectivity index (χ2v) is 5.64. The standard InChI is InChI=1S/C19H17FN6O/c1-3-22-17-24-18(23-16-9-6-13(11-21)10-15(16)20)26-19(25-17)27-14-7-4-12(2)5-8-14/h4-10H,3H2,1-2H3,(H2,22,23,24,25,26). The second kappa shape index (κ2) is 8.10. The molecule has 27 heavy (non-hydrogen) atoms. The van der Waals surface area contributed by atoms with Crippen molar-refractivity contribution in [2.45, 2.75) is 13.8 Å². The third-order valence-electron chi connectivity index (χ3n) is 3.52. The van der Waals surface area contributed by atoms with Gasteiger partial charge in [0.2, 0.25) is 11.9 Å². The number of ether oxygens (including phenoxy) is 1. The molecule has 0 fully saturated rings. The van der Waals surface area contributed by atoms with Crippen molar-refractivity contribution in [3.05, 3.63) is 59.4 Å². The highest BCUT2D eigenvalue weighted by atomic mass is 19.1. The van der Waals surface area contributed by atoms with Gasteiger partial charge in [-0.2, -0.15) is 20.2 Å². The van der Waals surface area contributed by atoms with Crippen LogP contribution in [0.2, 0.25) is 0 Å². The summed E-state index contributed by atoms with van der Waals surface area (Å²) in [5.74, 6) is 0.406. The summed E-state index contributed by atoms with van der Waals surface area (Å²) in [5.41, 5.74) is 1.47. The number of rotatable bonds is 6. The number of halogens is 1. The predicted octanol–water partition coefficient (Wildman–Crippen LogP) is 4.16. The highest BCUT2D eigenvalue weighted by Gasteiger charge is 2.11. The van der Waals surface area contributed by atoms with Crippen molar-refractivity contribution in [2.24, 2.45) is 0 Å². The van der Waals surface area contributed by atoms with Gasteiger partial charge in [0.25, 0.3) is 0 Å². The molecule has 1 aromatic heterocycles. The Morgan fingerprint density at radius 3 is 2.48 bits per heavy atom. The van der Waals surface area contributed by atoms with Crippen molar-refractivity contribution < 1.29 is 9.13 Å². The van der Waals surface area contributed by atoms with E-state index in [1.807, 2.05) is 32.0 Å². The Balaban J connectivity index is 1.89. The lowest BCUT2D eigenvalue weighted by Crippen LogP contribution is -2.08. The predicted molar refractivity (Wildman–Crippen MR) is 99.6 cm³/mol. The van der Waals surface area contributed by atoms with Gasteiger partial charge in [0.15, 0.2) is 0 Å². The molecule has 3 aromatic rings. The molecule has 1 heterocycles. The minimum absolute atomic E-state index is 0.0707. The number of aryl methyl sites for hydroxylation is 1. The summed E-state index contributed by atoms with van der Waals surface area (Å²) in [4.78, 5) is 12.6. The Kier molecular flexibility index (Phi) is 5.42. The summed E-state index contributed by atoms with van der Waals surface area (Å²) in [6.07, 6.45) is 0. The molecule has 0 saturated carbocycles. The maximum absolute atomic E-state index is 14.1. The zero-order chi connectivity index (χ0) is 19.2. The summed E-state index contributed by atoms with van der Waals surface area (Å²) < 4.78 is 19.8. The van der Waals surface area contributed by atoms with E-state index in [9.17, 15) is 4.39 Å². The van der Waals surface area contributed by atoms with Gasteiger partial charge in [-0.05, 0) is 44.2 Å². The van der Waals surface area contributed by atoms with E-state index in [-0.39, 0.29) is 23.2 Å². The SMILES string of the molecule is CCNc1nc(Nc2ccc(C#N)cc2F)nc(Oc2ccc(C)cc2)n1. The number of hydrogen-bond acceptors (Lipinski definition) is 7. The average molecular weight is 364 g/mol. The molecule has 0 aliphatic rings. The van der Waals surface area contributed by atoms with Crippen LogP contribution in [0, 0.1) is 24.1 Å². The number of hydrogen-bond donors (Lipinski definition) is 2. The highest BCUT2D eigenvalue weighted by molar-refractivity contribution is 5.57. The molecule has 8 heteroatoms. The van der Waals surface area contributed by atoms with Crippen LogP contribution in [0.4, 0.5) is 22.0 Å². The summed E-state index contributed by atoms with van der Waals surface area (Å²) in [6.45, 7) is 4.47. The first-order chi connectivity index (χ1) is 13.1. The zero-order valence-electron chi connectivity index (χ0n) is 14.8. The van der Waals surface area contributed by atoms with Gasteiger partial charge in [-0.1, -0.05) is 17.7 Å². The van der Waals surface area contributed by atoms with Gasteiger partial charge in [0.05, 0.1) is 17.3 Å². The van der Waals surface area contributed by atoms with Crippen LogP contribution in [-0.2, 0) is 0 Å². The second-order valence-electron chi connectivity index (χ2n) is 5.64. The number of benzene rings is 2. The first kappa shape index (κ1) is 18.1. The summed E-state index contributed by atoms with van der Waals surface area (Å²) >= 11 is 0. The molecule has 136 valence electrons. The van der Waals surface area contributed by atoms with E-state index >= 15 is 0 Å². The van der Waals surface area contributed by atoms with Crippen molar-refractivity contribution in [1.29, 1.82) is 5.26 Å². The van der Waals surface area contributed by atoms with Crippen LogP contribution < -0.4 is 15.4 Å². The van der Waals surface area contributed by atoms with Crippen molar-refractivity contribution in [3.8, 4) is 17.8 Å². The lowest BCUT2D eigenvalue weighted by atomic mass is 10.2. The van der Waals surface area contributed by atoms with E-state index in [2.05, 4.69) is 25.6 Å². The average Bonchev–Trinajstić information content (AvgIpc) is 2.65. The van der Waals surface area contributed by atoms with Crippen molar-refractivity contribution in [2.75, 3.05) is 17.2 Å². The van der Waals surface area contributed by atoms with Crippen LogP contribution >= 0.6 is 0 Å². The molecule has 3 rings (SSSR count). The molecule has 0 atom stereocenters.